The number of hydrogen-bond donors (Lipinski definition) is 2. The number of hydrogen-bond acceptors (Lipinski definition) is 3. The second kappa shape index (κ2) is 7.84. The average molecular weight is 346 g/mol. The summed E-state index contributed by atoms with van der Waals surface area (Å²) >= 11 is 0. The summed E-state index contributed by atoms with van der Waals surface area (Å²) in [7, 11) is 0. The van der Waals surface area contributed by atoms with Gasteiger partial charge >= 0.3 is 0 Å². The van der Waals surface area contributed by atoms with Gasteiger partial charge in [-0.05, 0) is 25.7 Å². The van der Waals surface area contributed by atoms with Crippen LogP contribution in [0.1, 0.15) is 59.3 Å². The molecule has 2 fully saturated rings. The van der Waals surface area contributed by atoms with Crippen molar-refractivity contribution in [3.8, 4) is 0 Å². The molecule has 0 aromatic rings. The van der Waals surface area contributed by atoms with Gasteiger partial charge < -0.3 is 16.0 Å². The van der Waals surface area contributed by atoms with Crippen LogP contribution in [-0.4, -0.2) is 41.9 Å². The van der Waals surface area contributed by atoms with E-state index in [1.165, 1.54) is 0 Å². The van der Waals surface area contributed by atoms with E-state index in [0.717, 1.165) is 45.1 Å². The van der Waals surface area contributed by atoms with Gasteiger partial charge in [0, 0.05) is 25.0 Å². The van der Waals surface area contributed by atoms with Gasteiger partial charge in [-0.2, -0.15) is 0 Å². The largest absolute Gasteiger partial charge is 0.349 e. The molecule has 1 atom stereocenters. The van der Waals surface area contributed by atoms with E-state index in [1.54, 1.807) is 0 Å². The summed E-state index contributed by atoms with van der Waals surface area (Å²) in [6.07, 6.45) is 5.99. The van der Waals surface area contributed by atoms with E-state index >= 15 is 0 Å². The maximum absolute atomic E-state index is 12.6. The summed E-state index contributed by atoms with van der Waals surface area (Å²) in [6.45, 7) is 7.61. The highest BCUT2D eigenvalue weighted by atomic mass is 35.5. The van der Waals surface area contributed by atoms with Crippen LogP contribution in [-0.2, 0) is 9.59 Å². The second-order valence-corrected chi connectivity index (χ2v) is 8.02. The van der Waals surface area contributed by atoms with Crippen molar-refractivity contribution < 1.29 is 9.59 Å². The lowest BCUT2D eigenvalue weighted by Crippen LogP contribution is -2.56. The maximum Gasteiger partial charge on any atom is 0.227 e. The lowest BCUT2D eigenvalue weighted by molar-refractivity contribution is -0.143. The lowest BCUT2D eigenvalue weighted by Gasteiger charge is -2.37. The monoisotopic (exact) mass is 345 g/mol. The van der Waals surface area contributed by atoms with Gasteiger partial charge in [-0.15, -0.1) is 12.4 Å². The number of nitrogens with one attached hydrogen (secondary N) is 1. The predicted octanol–water partition coefficient (Wildman–Crippen LogP) is 2.08. The summed E-state index contributed by atoms with van der Waals surface area (Å²) in [5.41, 5.74) is 5.31. The minimum atomic E-state index is -0.387. The van der Waals surface area contributed by atoms with Gasteiger partial charge in [0.05, 0.1) is 11.5 Å². The summed E-state index contributed by atoms with van der Waals surface area (Å²) in [6, 6.07) is 0. The number of halogens is 1. The Morgan fingerprint density at radius 3 is 2.35 bits per heavy atom. The number of amides is 2. The first-order valence-corrected chi connectivity index (χ1v) is 8.59. The molecule has 23 heavy (non-hydrogen) atoms. The third-order valence-electron chi connectivity index (χ3n) is 5.06. The minimum absolute atomic E-state index is 0. The van der Waals surface area contributed by atoms with Crippen LogP contribution < -0.4 is 11.1 Å². The zero-order valence-electron chi connectivity index (χ0n) is 14.7. The van der Waals surface area contributed by atoms with Gasteiger partial charge in [-0.25, -0.2) is 0 Å². The van der Waals surface area contributed by atoms with Crippen LogP contribution in [0.25, 0.3) is 0 Å². The summed E-state index contributed by atoms with van der Waals surface area (Å²) in [4.78, 5) is 26.9. The van der Waals surface area contributed by atoms with Crippen molar-refractivity contribution in [3.63, 3.8) is 0 Å². The van der Waals surface area contributed by atoms with Crippen molar-refractivity contribution in [2.75, 3.05) is 19.6 Å². The van der Waals surface area contributed by atoms with Crippen LogP contribution in [0, 0.1) is 11.3 Å². The molecule has 1 unspecified atom stereocenters. The summed E-state index contributed by atoms with van der Waals surface area (Å²) in [5.74, 6) is 0.127. The quantitative estimate of drug-likeness (QED) is 0.822. The van der Waals surface area contributed by atoms with Crippen molar-refractivity contribution in [1.82, 2.24) is 10.2 Å². The molecular weight excluding hydrogens is 314 g/mol. The number of rotatable bonds is 3. The molecule has 0 aromatic heterocycles. The Morgan fingerprint density at radius 2 is 1.83 bits per heavy atom. The molecule has 0 aromatic carbocycles. The Kier molecular flexibility index (Phi) is 6.90. The van der Waals surface area contributed by atoms with Crippen molar-refractivity contribution in [2.24, 2.45) is 17.1 Å². The molecular formula is C17H32ClN3O2. The van der Waals surface area contributed by atoms with Crippen LogP contribution >= 0.6 is 12.4 Å². The van der Waals surface area contributed by atoms with Crippen LogP contribution in [0.15, 0.2) is 0 Å². The first-order valence-electron chi connectivity index (χ1n) is 8.59. The fraction of sp³-hybridized carbons (Fsp3) is 0.882. The number of piperidine rings is 1. The van der Waals surface area contributed by atoms with Gasteiger partial charge in [0.2, 0.25) is 11.8 Å². The molecule has 0 radical (unpaired) electrons. The van der Waals surface area contributed by atoms with Crippen molar-refractivity contribution in [1.29, 1.82) is 0 Å². The first-order chi connectivity index (χ1) is 10.3. The van der Waals surface area contributed by atoms with Gasteiger partial charge in [0.15, 0.2) is 0 Å². The normalized spacial score (nSPS) is 24.0. The van der Waals surface area contributed by atoms with Gasteiger partial charge in [0.25, 0.3) is 0 Å². The molecule has 1 heterocycles. The number of nitrogens with zero attached hydrogens (tertiary/aromatic N) is 1. The molecule has 134 valence electrons. The Hall–Kier alpha value is -0.810. The Labute approximate surface area is 146 Å². The van der Waals surface area contributed by atoms with Crippen molar-refractivity contribution in [2.45, 2.75) is 64.8 Å². The van der Waals surface area contributed by atoms with Crippen LogP contribution in [0.5, 0.6) is 0 Å². The molecule has 2 rings (SSSR count). The number of likely N-dealkylation sites (tertiary alicyclic amines) is 1. The highest BCUT2D eigenvalue weighted by molar-refractivity contribution is 5.85. The highest BCUT2D eigenvalue weighted by Crippen LogP contribution is 2.30. The van der Waals surface area contributed by atoms with Crippen molar-refractivity contribution >= 4 is 24.2 Å². The van der Waals surface area contributed by atoms with E-state index in [9.17, 15) is 9.59 Å². The van der Waals surface area contributed by atoms with E-state index in [-0.39, 0.29) is 41.1 Å². The Morgan fingerprint density at radius 1 is 1.22 bits per heavy atom. The van der Waals surface area contributed by atoms with Crippen LogP contribution in [0.2, 0.25) is 0 Å². The Bertz CT molecular complexity index is 428. The molecule has 2 aliphatic rings. The lowest BCUT2D eigenvalue weighted by atomic mass is 9.90. The van der Waals surface area contributed by atoms with Gasteiger partial charge in [-0.3, -0.25) is 9.59 Å². The zero-order valence-corrected chi connectivity index (χ0v) is 15.5. The van der Waals surface area contributed by atoms with E-state index in [0.29, 0.717) is 13.1 Å². The van der Waals surface area contributed by atoms with E-state index in [4.69, 9.17) is 5.73 Å². The summed E-state index contributed by atoms with van der Waals surface area (Å²) < 4.78 is 0. The zero-order chi connectivity index (χ0) is 16.4. The van der Waals surface area contributed by atoms with Crippen LogP contribution in [0.4, 0.5) is 0 Å². The maximum atomic E-state index is 12.6. The third kappa shape index (κ3) is 4.83. The highest BCUT2D eigenvalue weighted by Gasteiger charge is 2.38. The third-order valence-corrected chi connectivity index (χ3v) is 5.06. The van der Waals surface area contributed by atoms with E-state index in [1.807, 2.05) is 25.7 Å². The molecule has 3 N–H and O–H groups in total. The fourth-order valence-corrected chi connectivity index (χ4v) is 3.65. The van der Waals surface area contributed by atoms with E-state index < -0.39 is 0 Å². The Balaban J connectivity index is 0.00000264. The average Bonchev–Trinajstić information content (AvgIpc) is 2.94. The molecule has 1 saturated heterocycles. The molecule has 0 bridgehead atoms. The molecule has 1 aliphatic carbocycles. The topological polar surface area (TPSA) is 75.4 Å². The number of nitrogens with two attached hydrogens (primary N) is 1. The van der Waals surface area contributed by atoms with E-state index in [2.05, 4.69) is 5.32 Å². The summed E-state index contributed by atoms with van der Waals surface area (Å²) in [5, 5.41) is 3.21. The number of carbonyl (C=O) groups is 2. The molecule has 0 spiro atoms. The first kappa shape index (κ1) is 20.2. The van der Waals surface area contributed by atoms with Crippen LogP contribution in [0.3, 0.4) is 0 Å². The number of carbonyl (C=O) groups excluding carboxylic acids is 2. The van der Waals surface area contributed by atoms with Gasteiger partial charge in [0.1, 0.15) is 0 Å². The smallest absolute Gasteiger partial charge is 0.227 e. The van der Waals surface area contributed by atoms with Gasteiger partial charge in [-0.1, -0.05) is 33.6 Å². The molecule has 5 nitrogen and oxygen atoms in total. The molecule has 6 heteroatoms. The minimum Gasteiger partial charge on any atom is -0.349 e. The van der Waals surface area contributed by atoms with Crippen molar-refractivity contribution in [3.05, 3.63) is 0 Å². The SMILES string of the molecule is CC(C)(C)C(=O)N1CCCC(C(=O)NC2(CN)CCCC2)C1.Cl. The molecule has 2 amide bonds. The fourth-order valence-electron chi connectivity index (χ4n) is 3.65. The standard InChI is InChI=1S/C17H31N3O2.ClH/c1-16(2,3)15(22)20-10-6-7-13(11-20)14(21)19-17(12-18)8-4-5-9-17;/h13H,4-12,18H2,1-3H3,(H,19,21);1H. The molecule has 1 aliphatic heterocycles. The second-order valence-electron chi connectivity index (χ2n) is 8.02. The molecule has 1 saturated carbocycles. The predicted molar refractivity (Wildman–Crippen MR) is 94.4 cm³/mol.